The molecule has 0 aliphatic carbocycles. The largest absolute Gasteiger partial charge is 0.508 e. The van der Waals surface area contributed by atoms with Crippen LogP contribution in [-0.2, 0) is 19.1 Å². The molecular weight excluding hydrogens is 418 g/mol. The predicted octanol–water partition coefficient (Wildman–Crippen LogP) is 4.87. The Labute approximate surface area is 187 Å². The number of benzene rings is 2. The van der Waals surface area contributed by atoms with Crippen LogP contribution in [0.15, 0.2) is 42.5 Å². The van der Waals surface area contributed by atoms with Crippen molar-refractivity contribution in [1.82, 2.24) is 0 Å². The van der Waals surface area contributed by atoms with E-state index in [0.29, 0.717) is 28.4 Å². The fraction of sp³-hybridized carbons (Fsp3) is 0.417. The van der Waals surface area contributed by atoms with Gasteiger partial charge in [0.1, 0.15) is 18.0 Å². The first-order chi connectivity index (χ1) is 14.6. The van der Waals surface area contributed by atoms with Gasteiger partial charge >= 0.3 is 5.97 Å². The lowest BCUT2D eigenvalue weighted by Crippen LogP contribution is -2.44. The van der Waals surface area contributed by atoms with E-state index in [1.165, 1.54) is 0 Å². The Morgan fingerprint density at radius 3 is 2.55 bits per heavy atom. The standard InChI is InChI=1S/C24H28ClNO5/c1-5-30-21(28)13-20-23(29)26(14-24(2,3)4)18-11-10-15(25)12-17(18)22(31-20)16-8-6-7-9-19(16)27/h6-12,20,22,27H,5,13-14H2,1-4H3. The van der Waals surface area contributed by atoms with Crippen LogP contribution < -0.4 is 4.90 Å². The second-order valence-corrected chi connectivity index (χ2v) is 9.20. The molecule has 0 radical (unpaired) electrons. The van der Waals surface area contributed by atoms with Crippen LogP contribution in [-0.4, -0.2) is 36.2 Å². The molecule has 2 unspecified atom stereocenters. The molecule has 2 aromatic rings. The van der Waals surface area contributed by atoms with Crippen molar-refractivity contribution in [2.45, 2.75) is 46.3 Å². The van der Waals surface area contributed by atoms with Gasteiger partial charge in [-0.3, -0.25) is 9.59 Å². The number of fused-ring (bicyclic) bond motifs is 1. The Morgan fingerprint density at radius 1 is 1.19 bits per heavy atom. The number of phenols is 1. The number of rotatable bonds is 5. The normalized spacial score (nSPS) is 19.0. The molecule has 1 aliphatic rings. The van der Waals surface area contributed by atoms with Crippen molar-refractivity contribution in [1.29, 1.82) is 0 Å². The van der Waals surface area contributed by atoms with Crippen LogP contribution in [0.2, 0.25) is 5.02 Å². The van der Waals surface area contributed by atoms with Gasteiger partial charge in [-0.15, -0.1) is 0 Å². The molecule has 166 valence electrons. The SMILES string of the molecule is CCOC(=O)CC1OC(c2ccccc2O)c2cc(Cl)ccc2N(CC(C)(C)C)C1=O. The lowest BCUT2D eigenvalue weighted by atomic mass is 9.94. The van der Waals surface area contributed by atoms with Crippen LogP contribution >= 0.6 is 11.6 Å². The summed E-state index contributed by atoms with van der Waals surface area (Å²) in [4.78, 5) is 27.5. The number of aromatic hydroxyl groups is 1. The van der Waals surface area contributed by atoms with Gasteiger partial charge in [0, 0.05) is 28.4 Å². The highest BCUT2D eigenvalue weighted by Gasteiger charge is 2.39. The van der Waals surface area contributed by atoms with Gasteiger partial charge in [0.2, 0.25) is 0 Å². The number of carbonyl (C=O) groups is 2. The molecule has 0 fully saturated rings. The van der Waals surface area contributed by atoms with Gasteiger partial charge in [0.05, 0.1) is 13.0 Å². The highest BCUT2D eigenvalue weighted by molar-refractivity contribution is 6.30. The molecule has 31 heavy (non-hydrogen) atoms. The Hall–Kier alpha value is -2.57. The predicted molar refractivity (Wildman–Crippen MR) is 119 cm³/mol. The topological polar surface area (TPSA) is 76.1 Å². The summed E-state index contributed by atoms with van der Waals surface area (Å²) in [6, 6.07) is 12.0. The summed E-state index contributed by atoms with van der Waals surface area (Å²) in [6.07, 6.45) is -2.08. The van der Waals surface area contributed by atoms with E-state index >= 15 is 0 Å². The molecule has 1 heterocycles. The number of halogens is 1. The molecule has 7 heteroatoms. The lowest BCUT2D eigenvalue weighted by molar-refractivity contribution is -0.151. The Bertz CT molecular complexity index is 969. The minimum Gasteiger partial charge on any atom is -0.508 e. The molecule has 0 aromatic heterocycles. The molecule has 0 saturated carbocycles. The maximum absolute atomic E-state index is 13.6. The van der Waals surface area contributed by atoms with E-state index in [1.54, 1.807) is 54.3 Å². The van der Waals surface area contributed by atoms with Crippen LogP contribution in [0.1, 0.15) is 51.3 Å². The second kappa shape index (κ2) is 9.28. The van der Waals surface area contributed by atoms with Crippen molar-refractivity contribution in [3.05, 3.63) is 58.6 Å². The first-order valence-corrected chi connectivity index (χ1v) is 10.7. The summed E-state index contributed by atoms with van der Waals surface area (Å²) in [7, 11) is 0. The van der Waals surface area contributed by atoms with E-state index < -0.39 is 18.2 Å². The van der Waals surface area contributed by atoms with Crippen molar-refractivity contribution in [2.24, 2.45) is 5.41 Å². The molecule has 3 rings (SSSR count). The summed E-state index contributed by atoms with van der Waals surface area (Å²) in [5, 5.41) is 11.0. The summed E-state index contributed by atoms with van der Waals surface area (Å²) < 4.78 is 11.3. The Balaban J connectivity index is 2.17. The van der Waals surface area contributed by atoms with E-state index in [9.17, 15) is 14.7 Å². The summed E-state index contributed by atoms with van der Waals surface area (Å²) >= 11 is 6.31. The molecule has 0 saturated heterocycles. The second-order valence-electron chi connectivity index (χ2n) is 8.76. The zero-order valence-corrected chi connectivity index (χ0v) is 19.0. The third kappa shape index (κ3) is 5.38. The molecule has 0 bridgehead atoms. The Morgan fingerprint density at radius 2 is 1.90 bits per heavy atom. The fourth-order valence-corrected chi connectivity index (χ4v) is 3.84. The summed E-state index contributed by atoms with van der Waals surface area (Å²) in [5.74, 6) is -0.814. The number of carbonyl (C=O) groups excluding carboxylic acids is 2. The fourth-order valence-electron chi connectivity index (χ4n) is 3.66. The highest BCUT2D eigenvalue weighted by atomic mass is 35.5. The van der Waals surface area contributed by atoms with E-state index in [1.807, 2.05) is 20.8 Å². The Kier molecular flexibility index (Phi) is 6.92. The molecule has 1 aliphatic heterocycles. The van der Waals surface area contributed by atoms with Crippen LogP contribution in [0.5, 0.6) is 5.75 Å². The van der Waals surface area contributed by atoms with Crippen molar-refractivity contribution in [3.63, 3.8) is 0 Å². The minimum absolute atomic E-state index is 0.0324. The number of nitrogens with zero attached hydrogens (tertiary/aromatic N) is 1. The maximum atomic E-state index is 13.6. The van der Waals surface area contributed by atoms with Crippen LogP contribution in [0.25, 0.3) is 0 Å². The zero-order chi connectivity index (χ0) is 22.8. The monoisotopic (exact) mass is 445 g/mol. The molecule has 1 N–H and O–H groups in total. The quantitative estimate of drug-likeness (QED) is 0.664. The number of phenolic OH excluding ortho intramolecular Hbond substituents is 1. The molecule has 2 aromatic carbocycles. The van der Waals surface area contributed by atoms with E-state index in [-0.39, 0.29) is 30.1 Å². The van der Waals surface area contributed by atoms with Crippen molar-refractivity contribution >= 4 is 29.2 Å². The summed E-state index contributed by atoms with van der Waals surface area (Å²) in [5.41, 5.74) is 1.57. The van der Waals surface area contributed by atoms with Crippen molar-refractivity contribution in [2.75, 3.05) is 18.1 Å². The molecule has 1 amide bonds. The average molecular weight is 446 g/mol. The third-order valence-electron chi connectivity index (χ3n) is 4.91. The third-order valence-corrected chi connectivity index (χ3v) is 5.15. The van der Waals surface area contributed by atoms with Crippen LogP contribution in [0.4, 0.5) is 5.69 Å². The first-order valence-electron chi connectivity index (χ1n) is 10.3. The summed E-state index contributed by atoms with van der Waals surface area (Å²) in [6.45, 7) is 8.43. The van der Waals surface area contributed by atoms with Gasteiger partial charge in [-0.1, -0.05) is 50.6 Å². The molecule has 0 spiro atoms. The maximum Gasteiger partial charge on any atom is 0.308 e. The van der Waals surface area contributed by atoms with Gasteiger partial charge in [0.25, 0.3) is 5.91 Å². The van der Waals surface area contributed by atoms with Crippen LogP contribution in [0.3, 0.4) is 0 Å². The van der Waals surface area contributed by atoms with Crippen molar-refractivity contribution in [3.8, 4) is 5.75 Å². The number of ether oxygens (including phenoxy) is 2. The van der Waals surface area contributed by atoms with E-state index in [0.717, 1.165) is 0 Å². The van der Waals surface area contributed by atoms with Crippen molar-refractivity contribution < 1.29 is 24.2 Å². The molecule has 2 atom stereocenters. The van der Waals surface area contributed by atoms with E-state index in [4.69, 9.17) is 21.1 Å². The number of amides is 1. The highest BCUT2D eigenvalue weighted by Crippen LogP contribution is 2.43. The number of anilines is 1. The average Bonchev–Trinajstić information content (AvgIpc) is 2.78. The lowest BCUT2D eigenvalue weighted by Gasteiger charge is -2.31. The van der Waals surface area contributed by atoms with Gasteiger partial charge in [-0.25, -0.2) is 0 Å². The minimum atomic E-state index is -1.07. The first kappa shape index (κ1) is 23.1. The van der Waals surface area contributed by atoms with Gasteiger partial charge in [-0.05, 0) is 36.6 Å². The number of para-hydroxylation sites is 1. The van der Waals surface area contributed by atoms with E-state index in [2.05, 4.69) is 0 Å². The van der Waals surface area contributed by atoms with Crippen LogP contribution in [0, 0.1) is 5.41 Å². The van der Waals surface area contributed by atoms with Gasteiger partial charge < -0.3 is 19.5 Å². The molecule has 6 nitrogen and oxygen atoms in total. The smallest absolute Gasteiger partial charge is 0.308 e. The number of hydrogen-bond donors (Lipinski definition) is 1. The van der Waals surface area contributed by atoms with Gasteiger partial charge in [0.15, 0.2) is 0 Å². The van der Waals surface area contributed by atoms with Gasteiger partial charge in [-0.2, -0.15) is 0 Å². The molecular formula is C24H28ClNO5. The number of esters is 1. The number of hydrogen-bond acceptors (Lipinski definition) is 5. The zero-order valence-electron chi connectivity index (χ0n) is 18.2.